The van der Waals surface area contributed by atoms with E-state index in [0.29, 0.717) is 11.7 Å². The van der Waals surface area contributed by atoms with Crippen LogP contribution in [0.25, 0.3) is 0 Å². The average Bonchev–Trinajstić information content (AvgIpc) is 2.54. The summed E-state index contributed by atoms with van der Waals surface area (Å²) in [4.78, 5) is 0. The van der Waals surface area contributed by atoms with Gasteiger partial charge in [-0.3, -0.25) is 0 Å². The molecule has 0 saturated carbocycles. The molecule has 0 aliphatic rings. The predicted molar refractivity (Wildman–Crippen MR) is 101 cm³/mol. The molecule has 0 bridgehead atoms. The van der Waals surface area contributed by atoms with Crippen LogP contribution in [0.2, 0.25) is 0 Å². The second-order valence-electron chi connectivity index (χ2n) is 5.35. The van der Waals surface area contributed by atoms with Gasteiger partial charge in [0.15, 0.2) is 5.11 Å². The number of ether oxygens (including phenoxy) is 1. The minimum atomic E-state index is 0.144. The van der Waals surface area contributed by atoms with Gasteiger partial charge in [0.2, 0.25) is 0 Å². The van der Waals surface area contributed by atoms with Crippen molar-refractivity contribution < 1.29 is 4.74 Å². The highest BCUT2D eigenvalue weighted by molar-refractivity contribution is 7.80. The zero-order valence-corrected chi connectivity index (χ0v) is 14.3. The van der Waals surface area contributed by atoms with Crippen molar-refractivity contribution in [2.75, 3.05) is 11.9 Å². The summed E-state index contributed by atoms with van der Waals surface area (Å²) in [5, 5.41) is 7.07. The van der Waals surface area contributed by atoms with E-state index in [1.165, 1.54) is 11.1 Å². The standard InChI is InChI=1S/C19H22N2OS/c1-4-13-22-18-11-9-17(10-12-18)21-19(23)20-15(3)16-7-5-14(2)6-8-16/h4-12,15H,1,13H2,2-3H3,(H2,20,21,23)/t15-/m0/s1. The van der Waals surface area contributed by atoms with Gasteiger partial charge in [-0.05, 0) is 55.9 Å². The van der Waals surface area contributed by atoms with E-state index < -0.39 is 0 Å². The number of nitrogens with one attached hydrogen (secondary N) is 2. The first-order chi connectivity index (χ1) is 11.1. The lowest BCUT2D eigenvalue weighted by Gasteiger charge is -2.17. The summed E-state index contributed by atoms with van der Waals surface area (Å²) >= 11 is 5.37. The molecule has 4 heteroatoms. The molecule has 2 rings (SSSR count). The van der Waals surface area contributed by atoms with Gasteiger partial charge in [-0.2, -0.15) is 0 Å². The number of thiocarbonyl (C=S) groups is 1. The third-order valence-corrected chi connectivity index (χ3v) is 3.62. The Bertz CT molecular complexity index is 650. The van der Waals surface area contributed by atoms with Crippen LogP contribution in [0.3, 0.4) is 0 Å². The molecule has 2 aromatic carbocycles. The number of hydrogen-bond acceptors (Lipinski definition) is 2. The van der Waals surface area contributed by atoms with Crippen LogP contribution in [0.4, 0.5) is 5.69 Å². The molecule has 0 radical (unpaired) electrons. The zero-order valence-electron chi connectivity index (χ0n) is 13.5. The molecule has 2 aromatic rings. The molecule has 0 fully saturated rings. The molecule has 0 saturated heterocycles. The Labute approximate surface area is 143 Å². The lowest BCUT2D eigenvalue weighted by atomic mass is 10.1. The van der Waals surface area contributed by atoms with Gasteiger partial charge in [0.1, 0.15) is 12.4 Å². The van der Waals surface area contributed by atoms with Crippen LogP contribution in [0.1, 0.15) is 24.1 Å². The van der Waals surface area contributed by atoms with Crippen molar-refractivity contribution in [3.8, 4) is 5.75 Å². The van der Waals surface area contributed by atoms with Gasteiger partial charge in [0, 0.05) is 5.69 Å². The van der Waals surface area contributed by atoms with Crippen molar-refractivity contribution in [1.29, 1.82) is 0 Å². The van der Waals surface area contributed by atoms with Gasteiger partial charge < -0.3 is 15.4 Å². The number of benzene rings is 2. The second-order valence-corrected chi connectivity index (χ2v) is 5.76. The fraction of sp³-hybridized carbons (Fsp3) is 0.211. The maximum Gasteiger partial charge on any atom is 0.171 e. The molecule has 3 nitrogen and oxygen atoms in total. The van der Waals surface area contributed by atoms with Crippen LogP contribution in [-0.4, -0.2) is 11.7 Å². The van der Waals surface area contributed by atoms with Crippen molar-refractivity contribution in [2.24, 2.45) is 0 Å². The van der Waals surface area contributed by atoms with Crippen molar-refractivity contribution >= 4 is 23.0 Å². The third-order valence-electron chi connectivity index (χ3n) is 3.40. The van der Waals surface area contributed by atoms with Crippen LogP contribution < -0.4 is 15.4 Å². The SMILES string of the molecule is C=CCOc1ccc(NC(=S)N[C@@H](C)c2ccc(C)cc2)cc1. The third kappa shape index (κ3) is 5.42. The molecular weight excluding hydrogens is 304 g/mol. The first-order valence-corrected chi connectivity index (χ1v) is 7.97. The van der Waals surface area contributed by atoms with Crippen molar-refractivity contribution in [3.05, 3.63) is 72.3 Å². The molecule has 0 aromatic heterocycles. The number of anilines is 1. The fourth-order valence-corrected chi connectivity index (χ4v) is 2.39. The Hall–Kier alpha value is -2.33. The minimum absolute atomic E-state index is 0.144. The van der Waals surface area contributed by atoms with E-state index in [-0.39, 0.29) is 6.04 Å². The molecule has 23 heavy (non-hydrogen) atoms. The van der Waals surface area contributed by atoms with Gasteiger partial charge in [0.25, 0.3) is 0 Å². The van der Waals surface area contributed by atoms with Crippen molar-refractivity contribution in [3.63, 3.8) is 0 Å². The van der Waals surface area contributed by atoms with E-state index in [2.05, 4.69) is 55.3 Å². The van der Waals surface area contributed by atoms with Crippen LogP contribution in [0.15, 0.2) is 61.2 Å². The number of rotatable bonds is 6. The molecular formula is C19H22N2OS. The maximum atomic E-state index is 5.45. The topological polar surface area (TPSA) is 33.3 Å². The predicted octanol–water partition coefficient (Wildman–Crippen LogP) is 4.61. The zero-order chi connectivity index (χ0) is 16.7. The van der Waals surface area contributed by atoms with Crippen LogP contribution in [0, 0.1) is 6.92 Å². The summed E-state index contributed by atoms with van der Waals surface area (Å²) < 4.78 is 5.45. The molecule has 1 atom stereocenters. The first-order valence-electron chi connectivity index (χ1n) is 7.56. The summed E-state index contributed by atoms with van der Waals surface area (Å²) in [5.74, 6) is 0.808. The van der Waals surface area contributed by atoms with E-state index in [1.54, 1.807) is 6.08 Å². The number of hydrogen-bond donors (Lipinski definition) is 2. The van der Waals surface area contributed by atoms with Gasteiger partial charge in [-0.25, -0.2) is 0 Å². The molecule has 0 aliphatic carbocycles. The number of aryl methyl sites for hydroxylation is 1. The molecule has 0 aliphatic heterocycles. The normalized spacial score (nSPS) is 11.4. The molecule has 2 N–H and O–H groups in total. The van der Waals surface area contributed by atoms with Gasteiger partial charge >= 0.3 is 0 Å². The Balaban J connectivity index is 1.88. The van der Waals surface area contributed by atoms with E-state index in [0.717, 1.165) is 11.4 Å². The average molecular weight is 326 g/mol. The highest BCUT2D eigenvalue weighted by atomic mass is 32.1. The van der Waals surface area contributed by atoms with Crippen LogP contribution >= 0.6 is 12.2 Å². The molecule has 0 unspecified atom stereocenters. The van der Waals surface area contributed by atoms with Crippen LogP contribution in [0.5, 0.6) is 5.75 Å². The molecule has 0 heterocycles. The fourth-order valence-electron chi connectivity index (χ4n) is 2.09. The van der Waals surface area contributed by atoms with Crippen molar-refractivity contribution in [1.82, 2.24) is 5.32 Å². The van der Waals surface area contributed by atoms with E-state index >= 15 is 0 Å². The monoisotopic (exact) mass is 326 g/mol. The van der Waals surface area contributed by atoms with Crippen LogP contribution in [-0.2, 0) is 0 Å². The summed E-state index contributed by atoms with van der Waals surface area (Å²) in [7, 11) is 0. The largest absolute Gasteiger partial charge is 0.490 e. The quantitative estimate of drug-likeness (QED) is 0.600. The first kappa shape index (κ1) is 17.0. The Morgan fingerprint density at radius 1 is 1.17 bits per heavy atom. The Morgan fingerprint density at radius 2 is 1.83 bits per heavy atom. The highest BCUT2D eigenvalue weighted by Crippen LogP contribution is 2.17. The Kier molecular flexibility index (Phi) is 6.18. The molecule has 0 spiro atoms. The smallest absolute Gasteiger partial charge is 0.171 e. The van der Waals surface area contributed by atoms with E-state index in [4.69, 9.17) is 17.0 Å². The lowest BCUT2D eigenvalue weighted by Crippen LogP contribution is -2.30. The highest BCUT2D eigenvalue weighted by Gasteiger charge is 2.07. The molecule has 120 valence electrons. The minimum Gasteiger partial charge on any atom is -0.490 e. The summed E-state index contributed by atoms with van der Waals surface area (Å²) in [6.45, 7) is 8.30. The Morgan fingerprint density at radius 3 is 2.43 bits per heavy atom. The maximum absolute atomic E-state index is 5.45. The van der Waals surface area contributed by atoms with Crippen molar-refractivity contribution in [2.45, 2.75) is 19.9 Å². The van der Waals surface area contributed by atoms with Gasteiger partial charge in [0.05, 0.1) is 6.04 Å². The van der Waals surface area contributed by atoms with Gasteiger partial charge in [-0.15, -0.1) is 0 Å². The second kappa shape index (κ2) is 8.34. The van der Waals surface area contributed by atoms with Gasteiger partial charge in [-0.1, -0.05) is 42.5 Å². The summed E-state index contributed by atoms with van der Waals surface area (Å²) in [6.07, 6.45) is 1.72. The lowest BCUT2D eigenvalue weighted by molar-refractivity contribution is 0.363. The summed E-state index contributed by atoms with van der Waals surface area (Å²) in [6, 6.07) is 16.2. The summed E-state index contributed by atoms with van der Waals surface area (Å²) in [5.41, 5.74) is 3.37. The van der Waals surface area contributed by atoms with E-state index in [9.17, 15) is 0 Å². The molecule has 0 amide bonds. The van der Waals surface area contributed by atoms with E-state index in [1.807, 2.05) is 24.3 Å².